The summed E-state index contributed by atoms with van der Waals surface area (Å²) in [5, 5.41) is 6.86. The van der Waals surface area contributed by atoms with Crippen LogP contribution < -0.4 is 0 Å². The molecule has 57 heavy (non-hydrogen) atoms. The van der Waals surface area contributed by atoms with Crippen LogP contribution in [0.2, 0.25) is 0 Å². The van der Waals surface area contributed by atoms with E-state index in [0.29, 0.717) is 17.5 Å². The molecule has 8 aromatic carbocycles. The average Bonchev–Trinajstić information content (AvgIpc) is 3.97. The third-order valence-electron chi connectivity index (χ3n) is 10.9. The van der Waals surface area contributed by atoms with E-state index in [1.54, 1.807) is 0 Å². The molecule has 4 aromatic heterocycles. The van der Waals surface area contributed by atoms with Gasteiger partial charge in [-0.05, 0) is 70.8 Å². The van der Waals surface area contributed by atoms with E-state index < -0.39 is 0 Å². The van der Waals surface area contributed by atoms with E-state index >= 15 is 0 Å². The Hall–Kier alpha value is -7.41. The number of thiophene rings is 1. The van der Waals surface area contributed by atoms with Crippen LogP contribution >= 0.6 is 11.3 Å². The molecule has 0 bridgehead atoms. The van der Waals surface area contributed by atoms with Gasteiger partial charge in [0.15, 0.2) is 17.5 Å². The minimum absolute atomic E-state index is 0.584. The largest absolute Gasteiger partial charge is 0.456 e. The van der Waals surface area contributed by atoms with Crippen LogP contribution in [-0.2, 0) is 0 Å². The molecule has 6 heteroatoms. The van der Waals surface area contributed by atoms with Gasteiger partial charge >= 0.3 is 0 Å². The maximum absolute atomic E-state index is 6.64. The van der Waals surface area contributed by atoms with Crippen molar-refractivity contribution in [3.05, 3.63) is 176 Å². The highest BCUT2D eigenvalue weighted by Crippen LogP contribution is 2.45. The zero-order valence-electron chi connectivity index (χ0n) is 30.3. The quantitative estimate of drug-likeness (QED) is 0.175. The van der Waals surface area contributed by atoms with E-state index in [0.717, 1.165) is 82.8 Å². The summed E-state index contributed by atoms with van der Waals surface area (Å²) in [6.45, 7) is 0. The van der Waals surface area contributed by atoms with Crippen LogP contribution in [0, 0.1) is 0 Å². The van der Waals surface area contributed by atoms with Crippen molar-refractivity contribution in [3.63, 3.8) is 0 Å². The van der Waals surface area contributed by atoms with Gasteiger partial charge in [-0.1, -0.05) is 127 Å². The number of nitrogens with zero attached hydrogens (tertiary/aromatic N) is 3. The molecule has 12 rings (SSSR count). The Balaban J connectivity index is 1.04. The van der Waals surface area contributed by atoms with Gasteiger partial charge in [-0.2, -0.15) is 0 Å². The van der Waals surface area contributed by atoms with Crippen LogP contribution in [0.5, 0.6) is 0 Å². The lowest BCUT2D eigenvalue weighted by atomic mass is 9.92. The third-order valence-corrected chi connectivity index (χ3v) is 12.1. The van der Waals surface area contributed by atoms with Gasteiger partial charge in [0.25, 0.3) is 0 Å². The zero-order chi connectivity index (χ0) is 37.5. The Bertz CT molecular complexity index is 3470. The number of aromatic nitrogens is 3. The Morgan fingerprint density at radius 2 is 0.877 bits per heavy atom. The Morgan fingerprint density at radius 3 is 1.67 bits per heavy atom. The highest BCUT2D eigenvalue weighted by atomic mass is 32.1. The maximum atomic E-state index is 6.64. The van der Waals surface area contributed by atoms with Crippen LogP contribution in [0.1, 0.15) is 0 Å². The lowest BCUT2D eigenvalue weighted by molar-refractivity contribution is 0.668. The Labute approximate surface area is 330 Å². The van der Waals surface area contributed by atoms with Crippen molar-refractivity contribution in [1.29, 1.82) is 0 Å². The fourth-order valence-electron chi connectivity index (χ4n) is 8.27. The first-order valence-electron chi connectivity index (χ1n) is 18.9. The van der Waals surface area contributed by atoms with E-state index in [1.807, 2.05) is 96.3 Å². The SMILES string of the molecule is c1ccc(-c2nc(-c3ccccc3)nc(-c3ccc4c(c3)oc3cccc(-c5cc(-c6ccc7c(c6)sc6ccccc67)c6c(c5)oc5ccccc56)c34)n2)cc1. The minimum atomic E-state index is 0.584. The number of rotatable bonds is 5. The number of hydrogen-bond acceptors (Lipinski definition) is 6. The summed E-state index contributed by atoms with van der Waals surface area (Å²) in [7, 11) is 0. The standard InChI is InChI=1S/C51H29N3O2S/c1-3-12-30(13-4-1)49-52-50(31-14-5-2-6-15-31)54-51(53-49)33-23-25-39-43(27-33)56-42-20-11-18-35(47(39)42)34-26-40(48-38-17-7-9-19-41(38)55-44(48)28-34)32-22-24-37-36-16-8-10-21-45(36)57-46(37)29-32/h1-29H. The van der Waals surface area contributed by atoms with Crippen LogP contribution in [-0.4, -0.2) is 15.0 Å². The molecule has 0 aliphatic heterocycles. The molecule has 12 aromatic rings. The fourth-order valence-corrected chi connectivity index (χ4v) is 9.42. The number of para-hydroxylation sites is 1. The lowest BCUT2D eigenvalue weighted by Crippen LogP contribution is -2.00. The average molecular weight is 748 g/mol. The highest BCUT2D eigenvalue weighted by Gasteiger charge is 2.20. The second-order valence-corrected chi connectivity index (χ2v) is 15.4. The van der Waals surface area contributed by atoms with Crippen molar-refractivity contribution < 1.29 is 8.83 Å². The number of benzene rings is 8. The summed E-state index contributed by atoms with van der Waals surface area (Å²) in [6.07, 6.45) is 0. The molecule has 0 unspecified atom stereocenters. The molecule has 266 valence electrons. The summed E-state index contributed by atoms with van der Waals surface area (Å²) in [5.41, 5.74) is 10.4. The van der Waals surface area contributed by atoms with Crippen LogP contribution in [0.15, 0.2) is 185 Å². The molecule has 4 heterocycles. The van der Waals surface area contributed by atoms with Gasteiger partial charge in [0.1, 0.15) is 22.3 Å². The second kappa shape index (κ2) is 12.6. The molecule has 0 saturated carbocycles. The zero-order valence-corrected chi connectivity index (χ0v) is 31.1. The topological polar surface area (TPSA) is 65.0 Å². The van der Waals surface area contributed by atoms with Crippen molar-refractivity contribution in [1.82, 2.24) is 15.0 Å². The van der Waals surface area contributed by atoms with E-state index in [1.165, 1.54) is 20.2 Å². The third kappa shape index (κ3) is 5.19. The summed E-state index contributed by atoms with van der Waals surface area (Å²) < 4.78 is 15.8. The molecule has 0 spiro atoms. The minimum Gasteiger partial charge on any atom is -0.456 e. The van der Waals surface area contributed by atoms with Gasteiger partial charge in [-0.25, -0.2) is 15.0 Å². The van der Waals surface area contributed by atoms with Crippen molar-refractivity contribution in [2.75, 3.05) is 0 Å². The van der Waals surface area contributed by atoms with Gasteiger partial charge in [0.2, 0.25) is 0 Å². The first-order chi connectivity index (χ1) is 28.2. The van der Waals surface area contributed by atoms with Gasteiger partial charge in [-0.15, -0.1) is 11.3 Å². The van der Waals surface area contributed by atoms with Gasteiger partial charge in [0, 0.05) is 58.4 Å². The molecule has 0 atom stereocenters. The van der Waals surface area contributed by atoms with E-state index in [4.69, 9.17) is 23.8 Å². The monoisotopic (exact) mass is 747 g/mol. The smallest absolute Gasteiger partial charge is 0.164 e. The van der Waals surface area contributed by atoms with Crippen molar-refractivity contribution in [2.45, 2.75) is 0 Å². The molecule has 0 aliphatic rings. The van der Waals surface area contributed by atoms with Crippen molar-refractivity contribution in [3.8, 4) is 56.4 Å². The first kappa shape index (κ1) is 31.9. The molecular weight excluding hydrogens is 719 g/mol. The van der Waals surface area contributed by atoms with E-state index in [-0.39, 0.29) is 0 Å². The summed E-state index contributed by atoms with van der Waals surface area (Å²) in [6, 6.07) is 60.9. The molecule has 0 N–H and O–H groups in total. The summed E-state index contributed by atoms with van der Waals surface area (Å²) >= 11 is 1.84. The van der Waals surface area contributed by atoms with Gasteiger partial charge < -0.3 is 8.83 Å². The molecule has 5 nitrogen and oxygen atoms in total. The molecule has 0 fully saturated rings. The van der Waals surface area contributed by atoms with E-state index in [2.05, 4.69) is 91.0 Å². The highest BCUT2D eigenvalue weighted by molar-refractivity contribution is 7.25. The fraction of sp³-hybridized carbons (Fsp3) is 0. The summed E-state index contributed by atoms with van der Waals surface area (Å²) in [5.74, 6) is 1.82. The number of furan rings is 2. The van der Waals surface area contributed by atoms with Crippen LogP contribution in [0.3, 0.4) is 0 Å². The van der Waals surface area contributed by atoms with Gasteiger partial charge in [-0.3, -0.25) is 0 Å². The Morgan fingerprint density at radius 1 is 0.316 bits per heavy atom. The predicted molar refractivity (Wildman–Crippen MR) is 234 cm³/mol. The molecule has 0 radical (unpaired) electrons. The molecule has 0 saturated heterocycles. The normalized spacial score (nSPS) is 11.9. The predicted octanol–water partition coefficient (Wildman–Crippen LogP) is 14.4. The summed E-state index contributed by atoms with van der Waals surface area (Å²) in [4.78, 5) is 14.8. The number of fused-ring (bicyclic) bond motifs is 9. The van der Waals surface area contributed by atoms with Crippen LogP contribution in [0.25, 0.3) is 120 Å². The first-order valence-corrected chi connectivity index (χ1v) is 19.7. The van der Waals surface area contributed by atoms with Crippen molar-refractivity contribution in [2.24, 2.45) is 0 Å². The molecule has 0 aliphatic carbocycles. The maximum Gasteiger partial charge on any atom is 0.164 e. The van der Waals surface area contributed by atoms with Crippen molar-refractivity contribution >= 4 is 75.4 Å². The lowest BCUT2D eigenvalue weighted by Gasteiger charge is -2.10. The van der Waals surface area contributed by atoms with E-state index in [9.17, 15) is 0 Å². The molecule has 0 amide bonds. The van der Waals surface area contributed by atoms with Crippen LogP contribution in [0.4, 0.5) is 0 Å². The number of hydrogen-bond donors (Lipinski definition) is 0. The molecular formula is C51H29N3O2S. The van der Waals surface area contributed by atoms with Gasteiger partial charge in [0.05, 0.1) is 0 Å². The Kier molecular flexibility index (Phi) is 7.03. The second-order valence-electron chi connectivity index (χ2n) is 14.3.